The van der Waals surface area contributed by atoms with Gasteiger partial charge in [0.25, 0.3) is 0 Å². The fraction of sp³-hybridized carbons (Fsp3) is 0.714. The topological polar surface area (TPSA) is 9.23 Å². The average molecular weight is 415 g/mol. The molecule has 2 aliphatic carbocycles. The van der Waals surface area contributed by atoms with Gasteiger partial charge in [0.2, 0.25) is 0 Å². The van der Waals surface area contributed by atoms with Gasteiger partial charge in [-0.15, -0.1) is 0 Å². The van der Waals surface area contributed by atoms with Crippen molar-refractivity contribution in [1.82, 2.24) is 0 Å². The van der Waals surface area contributed by atoms with Gasteiger partial charge in [0, 0.05) is 0 Å². The molecule has 1 unspecified atom stereocenters. The molecule has 3 rings (SSSR count). The molecule has 1 aromatic rings. The van der Waals surface area contributed by atoms with Crippen molar-refractivity contribution >= 4 is 0 Å². The van der Waals surface area contributed by atoms with Crippen LogP contribution in [0.1, 0.15) is 103 Å². The van der Waals surface area contributed by atoms with E-state index in [4.69, 9.17) is 4.74 Å². The Morgan fingerprint density at radius 2 is 1.63 bits per heavy atom. The summed E-state index contributed by atoms with van der Waals surface area (Å²) in [4.78, 5) is 0. The van der Waals surface area contributed by atoms with Crippen LogP contribution in [0.2, 0.25) is 0 Å². The van der Waals surface area contributed by atoms with E-state index in [9.17, 15) is 4.39 Å². The highest BCUT2D eigenvalue weighted by atomic mass is 19.1. The van der Waals surface area contributed by atoms with E-state index >= 15 is 0 Å². The number of allylic oxidation sites excluding steroid dienone is 2. The Hall–Kier alpha value is -1.31. The highest BCUT2D eigenvalue weighted by molar-refractivity contribution is 5.30. The van der Waals surface area contributed by atoms with Crippen molar-refractivity contribution in [3.8, 4) is 5.75 Å². The second-order valence-corrected chi connectivity index (χ2v) is 9.81. The summed E-state index contributed by atoms with van der Waals surface area (Å²) in [5, 5.41) is 0. The zero-order valence-corrected chi connectivity index (χ0v) is 19.4. The molecule has 0 aliphatic heterocycles. The Labute approximate surface area is 184 Å². The van der Waals surface area contributed by atoms with Crippen molar-refractivity contribution in [2.45, 2.75) is 104 Å². The summed E-state index contributed by atoms with van der Waals surface area (Å²) in [5.41, 5.74) is 2.66. The molecule has 0 amide bonds. The maximum atomic E-state index is 14.0. The Balaban J connectivity index is 1.33. The van der Waals surface area contributed by atoms with Gasteiger partial charge in [-0.3, -0.25) is 0 Å². The molecule has 1 saturated carbocycles. The van der Waals surface area contributed by atoms with Crippen molar-refractivity contribution < 1.29 is 9.13 Å². The summed E-state index contributed by atoms with van der Waals surface area (Å²) in [5.74, 6) is 3.07. The third-order valence-electron chi connectivity index (χ3n) is 7.56. The molecule has 0 N–H and O–H groups in total. The van der Waals surface area contributed by atoms with Crippen LogP contribution >= 0.6 is 0 Å². The summed E-state index contributed by atoms with van der Waals surface area (Å²) in [7, 11) is 0. The van der Waals surface area contributed by atoms with Crippen molar-refractivity contribution in [1.29, 1.82) is 0 Å². The SMILES string of the molecule is CCCC[C@H]1CC[C@H](CCC2CC=C(CCc3ccc(OCC)c(F)c3)CC2)CC1. The van der Waals surface area contributed by atoms with E-state index in [-0.39, 0.29) is 5.82 Å². The molecule has 1 aromatic carbocycles. The van der Waals surface area contributed by atoms with Gasteiger partial charge in [-0.05, 0) is 80.9 Å². The molecule has 0 saturated heterocycles. The average Bonchev–Trinajstić information content (AvgIpc) is 2.78. The van der Waals surface area contributed by atoms with Crippen molar-refractivity contribution in [3.63, 3.8) is 0 Å². The van der Waals surface area contributed by atoms with Crippen LogP contribution in [0, 0.1) is 23.6 Å². The lowest BCUT2D eigenvalue weighted by atomic mass is 9.76. The molecule has 0 bridgehead atoms. The summed E-state index contributed by atoms with van der Waals surface area (Å²) in [6.45, 7) is 4.70. The van der Waals surface area contributed by atoms with E-state index in [2.05, 4.69) is 13.0 Å². The predicted molar refractivity (Wildman–Crippen MR) is 126 cm³/mol. The van der Waals surface area contributed by atoms with Crippen LogP contribution in [-0.2, 0) is 6.42 Å². The number of hydrogen-bond acceptors (Lipinski definition) is 1. The van der Waals surface area contributed by atoms with E-state index in [1.54, 1.807) is 17.7 Å². The number of unbranched alkanes of at least 4 members (excludes halogenated alkanes) is 1. The first-order valence-corrected chi connectivity index (χ1v) is 12.8. The van der Waals surface area contributed by atoms with Gasteiger partial charge < -0.3 is 4.74 Å². The van der Waals surface area contributed by atoms with Gasteiger partial charge in [-0.1, -0.05) is 76.0 Å². The summed E-state index contributed by atoms with van der Waals surface area (Å²) in [6, 6.07) is 5.43. The molecule has 0 spiro atoms. The van der Waals surface area contributed by atoms with Crippen molar-refractivity contribution in [3.05, 3.63) is 41.2 Å². The van der Waals surface area contributed by atoms with Crippen LogP contribution in [0.4, 0.5) is 4.39 Å². The molecule has 2 heteroatoms. The zero-order valence-electron chi connectivity index (χ0n) is 19.4. The predicted octanol–water partition coefficient (Wildman–Crippen LogP) is 8.66. The van der Waals surface area contributed by atoms with E-state index in [0.717, 1.165) is 36.2 Å². The number of ether oxygens (including phenoxy) is 1. The van der Waals surface area contributed by atoms with Crippen LogP contribution in [-0.4, -0.2) is 6.61 Å². The Morgan fingerprint density at radius 1 is 0.900 bits per heavy atom. The molecule has 168 valence electrons. The third kappa shape index (κ3) is 7.43. The highest BCUT2D eigenvalue weighted by Gasteiger charge is 2.22. The van der Waals surface area contributed by atoms with E-state index in [1.165, 1.54) is 77.0 Å². The Morgan fingerprint density at radius 3 is 2.27 bits per heavy atom. The summed E-state index contributed by atoms with van der Waals surface area (Å²) < 4.78 is 19.3. The summed E-state index contributed by atoms with van der Waals surface area (Å²) >= 11 is 0. The zero-order chi connectivity index (χ0) is 21.2. The van der Waals surface area contributed by atoms with Crippen LogP contribution in [0.15, 0.2) is 29.8 Å². The second kappa shape index (κ2) is 12.5. The van der Waals surface area contributed by atoms with E-state index in [1.807, 2.05) is 13.0 Å². The maximum absolute atomic E-state index is 14.0. The minimum Gasteiger partial charge on any atom is -0.491 e. The number of aryl methyl sites for hydroxylation is 1. The van der Waals surface area contributed by atoms with Gasteiger partial charge in [0.1, 0.15) is 0 Å². The van der Waals surface area contributed by atoms with Gasteiger partial charge in [0.15, 0.2) is 11.6 Å². The molecule has 0 heterocycles. The minimum absolute atomic E-state index is 0.230. The van der Waals surface area contributed by atoms with E-state index < -0.39 is 0 Å². The molecule has 0 radical (unpaired) electrons. The first-order chi connectivity index (χ1) is 14.7. The number of benzene rings is 1. The number of halogens is 1. The molecule has 0 aromatic heterocycles. The smallest absolute Gasteiger partial charge is 0.165 e. The lowest BCUT2D eigenvalue weighted by Crippen LogP contribution is -2.16. The maximum Gasteiger partial charge on any atom is 0.165 e. The summed E-state index contributed by atoms with van der Waals surface area (Å²) in [6.07, 6.45) is 21.5. The first-order valence-electron chi connectivity index (χ1n) is 12.8. The number of rotatable bonds is 11. The number of hydrogen-bond donors (Lipinski definition) is 0. The molecule has 2 aliphatic rings. The lowest BCUT2D eigenvalue weighted by Gasteiger charge is -2.30. The quantitative estimate of drug-likeness (QED) is 0.329. The molecule has 1 nitrogen and oxygen atoms in total. The largest absolute Gasteiger partial charge is 0.491 e. The third-order valence-corrected chi connectivity index (χ3v) is 7.56. The molecular formula is C28H43FO. The highest BCUT2D eigenvalue weighted by Crippen LogP contribution is 2.37. The van der Waals surface area contributed by atoms with Crippen molar-refractivity contribution in [2.24, 2.45) is 17.8 Å². The van der Waals surface area contributed by atoms with Crippen molar-refractivity contribution in [2.75, 3.05) is 6.61 Å². The van der Waals surface area contributed by atoms with Crippen LogP contribution in [0.25, 0.3) is 0 Å². The molecule has 1 fully saturated rings. The normalized spacial score (nSPS) is 24.5. The van der Waals surface area contributed by atoms with Gasteiger partial charge in [0.05, 0.1) is 6.61 Å². The molecule has 1 atom stereocenters. The molecular weight excluding hydrogens is 371 g/mol. The van der Waals surface area contributed by atoms with Gasteiger partial charge in [-0.25, -0.2) is 4.39 Å². The monoisotopic (exact) mass is 414 g/mol. The Bertz CT molecular complexity index is 657. The van der Waals surface area contributed by atoms with Crippen LogP contribution < -0.4 is 4.74 Å². The minimum atomic E-state index is -0.230. The molecule has 30 heavy (non-hydrogen) atoms. The lowest BCUT2D eigenvalue weighted by molar-refractivity contribution is 0.235. The van der Waals surface area contributed by atoms with E-state index in [0.29, 0.717) is 12.4 Å². The van der Waals surface area contributed by atoms with Gasteiger partial charge in [-0.2, -0.15) is 0 Å². The Kier molecular flexibility index (Phi) is 9.75. The fourth-order valence-corrected chi connectivity index (χ4v) is 5.48. The fourth-order valence-electron chi connectivity index (χ4n) is 5.48. The van der Waals surface area contributed by atoms with Crippen LogP contribution in [0.5, 0.6) is 5.75 Å². The first kappa shape index (κ1) is 23.4. The standard InChI is InChI=1S/C28H43FO/c1-3-5-6-22-7-9-23(10-8-22)11-12-24-13-15-25(16-14-24)17-18-26-19-20-28(30-4-2)27(29)21-26/h15,19-24H,3-14,16-18H2,1-2H3/t22-,23-,24?. The van der Waals surface area contributed by atoms with Crippen LogP contribution in [0.3, 0.4) is 0 Å². The van der Waals surface area contributed by atoms with Gasteiger partial charge >= 0.3 is 0 Å². The second-order valence-electron chi connectivity index (χ2n) is 9.81.